The van der Waals surface area contributed by atoms with Gasteiger partial charge in [-0.3, -0.25) is 4.79 Å². The second-order valence-corrected chi connectivity index (χ2v) is 7.97. The van der Waals surface area contributed by atoms with Gasteiger partial charge < -0.3 is 15.5 Å². The summed E-state index contributed by atoms with van der Waals surface area (Å²) in [5, 5.41) is 6.45. The SMILES string of the molecule is Cl.O=C(CCCc1ccc2c(c1)-c1ccccc1C2)NCCCN1CCNCC1. The minimum atomic E-state index is 0. The Morgan fingerprint density at radius 2 is 1.79 bits per heavy atom. The summed E-state index contributed by atoms with van der Waals surface area (Å²) >= 11 is 0. The van der Waals surface area contributed by atoms with Crippen LogP contribution in [0, 0.1) is 0 Å². The summed E-state index contributed by atoms with van der Waals surface area (Å²) in [6, 6.07) is 15.5. The van der Waals surface area contributed by atoms with Crippen LogP contribution in [0.2, 0.25) is 0 Å². The molecule has 1 aliphatic carbocycles. The number of benzene rings is 2. The molecule has 2 aliphatic rings. The predicted octanol–water partition coefficient (Wildman–Crippen LogP) is 3.41. The number of carbonyl (C=O) groups excluding carboxylic acids is 1. The molecule has 1 amide bonds. The highest BCUT2D eigenvalue weighted by Crippen LogP contribution is 2.36. The van der Waals surface area contributed by atoms with Crippen LogP contribution < -0.4 is 10.6 Å². The number of carbonyl (C=O) groups is 1. The zero-order chi connectivity index (χ0) is 19.2. The van der Waals surface area contributed by atoms with E-state index in [9.17, 15) is 4.79 Å². The van der Waals surface area contributed by atoms with Gasteiger partial charge in [-0.05, 0) is 60.0 Å². The zero-order valence-electron chi connectivity index (χ0n) is 17.1. The maximum Gasteiger partial charge on any atom is 0.220 e. The van der Waals surface area contributed by atoms with Gasteiger partial charge in [0.25, 0.3) is 0 Å². The van der Waals surface area contributed by atoms with Gasteiger partial charge in [0.15, 0.2) is 0 Å². The van der Waals surface area contributed by atoms with Gasteiger partial charge in [-0.1, -0.05) is 42.5 Å². The third kappa shape index (κ3) is 5.81. The molecular formula is C24H32ClN3O. The highest BCUT2D eigenvalue weighted by atomic mass is 35.5. The van der Waals surface area contributed by atoms with Crippen LogP contribution in [0.1, 0.15) is 36.0 Å². The number of piperazine rings is 1. The first kappa shape index (κ1) is 21.8. The van der Waals surface area contributed by atoms with Gasteiger partial charge in [0.05, 0.1) is 0 Å². The first-order valence-corrected chi connectivity index (χ1v) is 10.7. The number of rotatable bonds is 8. The summed E-state index contributed by atoms with van der Waals surface area (Å²) in [7, 11) is 0. The Labute approximate surface area is 180 Å². The average molecular weight is 414 g/mol. The summed E-state index contributed by atoms with van der Waals surface area (Å²) in [6.45, 7) is 6.29. The van der Waals surface area contributed by atoms with Crippen LogP contribution in [0.15, 0.2) is 42.5 Å². The molecule has 2 aromatic carbocycles. The smallest absolute Gasteiger partial charge is 0.220 e. The Morgan fingerprint density at radius 1 is 1.00 bits per heavy atom. The molecule has 4 rings (SSSR count). The van der Waals surface area contributed by atoms with Crippen LogP contribution in [0.5, 0.6) is 0 Å². The molecule has 2 aromatic rings. The average Bonchev–Trinajstić information content (AvgIpc) is 3.10. The quantitative estimate of drug-likeness (QED) is 0.556. The van der Waals surface area contributed by atoms with E-state index in [2.05, 4.69) is 58.0 Å². The molecule has 0 saturated carbocycles. The fourth-order valence-corrected chi connectivity index (χ4v) is 4.33. The number of nitrogens with one attached hydrogen (secondary N) is 2. The van der Waals surface area contributed by atoms with Crippen molar-refractivity contribution >= 4 is 18.3 Å². The number of aryl methyl sites for hydroxylation is 1. The lowest BCUT2D eigenvalue weighted by molar-refractivity contribution is -0.121. The first-order chi connectivity index (χ1) is 13.8. The molecule has 0 spiro atoms. The van der Waals surface area contributed by atoms with E-state index in [1.165, 1.54) is 27.8 Å². The standard InChI is InChI=1S/C24H31N3O.ClH/c28-24(26-11-4-14-27-15-12-25-13-16-27)8-3-5-19-9-10-21-18-20-6-1-2-7-22(20)23(21)17-19;/h1-2,6-7,9-10,17,25H,3-5,8,11-16,18H2,(H,26,28);1H. The Balaban J connectivity index is 0.00000240. The van der Waals surface area contributed by atoms with Crippen molar-refractivity contribution in [2.75, 3.05) is 39.3 Å². The van der Waals surface area contributed by atoms with Gasteiger partial charge in [0.1, 0.15) is 0 Å². The number of hydrogen-bond acceptors (Lipinski definition) is 3. The normalized spacial score (nSPS) is 15.3. The Bertz CT molecular complexity index is 818. The largest absolute Gasteiger partial charge is 0.356 e. The van der Waals surface area contributed by atoms with Crippen molar-refractivity contribution in [2.24, 2.45) is 0 Å². The van der Waals surface area contributed by atoms with Crippen LogP contribution in [0.3, 0.4) is 0 Å². The topological polar surface area (TPSA) is 44.4 Å². The van der Waals surface area contributed by atoms with Crippen molar-refractivity contribution in [1.29, 1.82) is 0 Å². The number of fused-ring (bicyclic) bond motifs is 3. The van der Waals surface area contributed by atoms with Gasteiger partial charge in [-0.2, -0.15) is 0 Å². The predicted molar refractivity (Wildman–Crippen MR) is 122 cm³/mol. The highest BCUT2D eigenvalue weighted by Gasteiger charge is 2.17. The monoisotopic (exact) mass is 413 g/mol. The van der Waals surface area contributed by atoms with Gasteiger partial charge in [0.2, 0.25) is 5.91 Å². The van der Waals surface area contributed by atoms with E-state index in [0.29, 0.717) is 6.42 Å². The molecule has 1 fully saturated rings. The molecule has 0 atom stereocenters. The first-order valence-electron chi connectivity index (χ1n) is 10.7. The minimum Gasteiger partial charge on any atom is -0.356 e. The molecular weight excluding hydrogens is 382 g/mol. The van der Waals surface area contributed by atoms with E-state index in [1.54, 1.807) is 0 Å². The van der Waals surface area contributed by atoms with E-state index in [4.69, 9.17) is 0 Å². The number of halogens is 1. The van der Waals surface area contributed by atoms with E-state index in [0.717, 1.165) is 65.0 Å². The highest BCUT2D eigenvalue weighted by molar-refractivity contribution is 5.85. The summed E-state index contributed by atoms with van der Waals surface area (Å²) in [6.07, 6.45) is 4.56. The minimum absolute atomic E-state index is 0. The molecule has 4 nitrogen and oxygen atoms in total. The molecule has 1 heterocycles. The molecule has 29 heavy (non-hydrogen) atoms. The second kappa shape index (κ2) is 10.8. The molecule has 1 saturated heterocycles. The van der Waals surface area contributed by atoms with E-state index in [1.807, 2.05) is 0 Å². The summed E-state index contributed by atoms with van der Waals surface area (Å²) in [4.78, 5) is 14.6. The van der Waals surface area contributed by atoms with Gasteiger partial charge in [-0.25, -0.2) is 0 Å². The van der Waals surface area contributed by atoms with Crippen molar-refractivity contribution in [1.82, 2.24) is 15.5 Å². The summed E-state index contributed by atoms with van der Waals surface area (Å²) in [5.74, 6) is 0.187. The number of amides is 1. The zero-order valence-corrected chi connectivity index (χ0v) is 17.9. The van der Waals surface area contributed by atoms with E-state index in [-0.39, 0.29) is 18.3 Å². The van der Waals surface area contributed by atoms with Crippen molar-refractivity contribution in [3.63, 3.8) is 0 Å². The van der Waals surface area contributed by atoms with Crippen molar-refractivity contribution < 1.29 is 4.79 Å². The fourth-order valence-electron chi connectivity index (χ4n) is 4.33. The molecule has 0 aromatic heterocycles. The van der Waals surface area contributed by atoms with Crippen LogP contribution in [-0.4, -0.2) is 50.1 Å². The molecule has 0 radical (unpaired) electrons. The lowest BCUT2D eigenvalue weighted by Crippen LogP contribution is -2.44. The Morgan fingerprint density at radius 3 is 2.66 bits per heavy atom. The van der Waals surface area contributed by atoms with Crippen LogP contribution in [0.4, 0.5) is 0 Å². The van der Waals surface area contributed by atoms with Crippen molar-refractivity contribution in [3.05, 3.63) is 59.2 Å². The maximum atomic E-state index is 12.1. The lowest BCUT2D eigenvalue weighted by atomic mass is 10.00. The fraction of sp³-hybridized carbons (Fsp3) is 0.458. The van der Waals surface area contributed by atoms with Crippen LogP contribution in [0.25, 0.3) is 11.1 Å². The third-order valence-electron chi connectivity index (χ3n) is 5.91. The summed E-state index contributed by atoms with van der Waals surface area (Å²) in [5.41, 5.74) is 6.94. The van der Waals surface area contributed by atoms with Crippen molar-refractivity contribution in [2.45, 2.75) is 32.1 Å². The summed E-state index contributed by atoms with van der Waals surface area (Å²) < 4.78 is 0. The molecule has 5 heteroatoms. The lowest BCUT2D eigenvalue weighted by Gasteiger charge is -2.27. The Hall–Kier alpha value is -1.88. The van der Waals surface area contributed by atoms with Crippen molar-refractivity contribution in [3.8, 4) is 11.1 Å². The number of nitrogens with zero attached hydrogens (tertiary/aromatic N) is 1. The molecule has 0 unspecified atom stereocenters. The third-order valence-corrected chi connectivity index (χ3v) is 5.91. The van der Waals surface area contributed by atoms with Gasteiger partial charge >= 0.3 is 0 Å². The van der Waals surface area contributed by atoms with E-state index >= 15 is 0 Å². The second-order valence-electron chi connectivity index (χ2n) is 7.97. The van der Waals surface area contributed by atoms with Crippen LogP contribution in [-0.2, 0) is 17.6 Å². The molecule has 156 valence electrons. The molecule has 2 N–H and O–H groups in total. The van der Waals surface area contributed by atoms with Crippen LogP contribution >= 0.6 is 12.4 Å². The maximum absolute atomic E-state index is 12.1. The van der Waals surface area contributed by atoms with Gasteiger partial charge in [0, 0.05) is 39.1 Å². The molecule has 1 aliphatic heterocycles. The Kier molecular flexibility index (Phi) is 8.10. The number of hydrogen-bond donors (Lipinski definition) is 2. The van der Waals surface area contributed by atoms with E-state index < -0.39 is 0 Å². The van der Waals surface area contributed by atoms with Gasteiger partial charge in [-0.15, -0.1) is 12.4 Å². The molecule has 0 bridgehead atoms.